The summed E-state index contributed by atoms with van der Waals surface area (Å²) < 4.78 is 1.20. The third-order valence-corrected chi connectivity index (χ3v) is 3.04. The van der Waals surface area contributed by atoms with Crippen LogP contribution in [-0.4, -0.2) is 32.0 Å². The van der Waals surface area contributed by atoms with E-state index in [0.717, 1.165) is 12.0 Å². The van der Waals surface area contributed by atoms with Crippen molar-refractivity contribution in [2.45, 2.75) is 26.4 Å². The number of carbonyl (C=O) groups is 2. The molecule has 0 bridgehead atoms. The number of nitrogens with zero attached hydrogens (tertiary/aromatic N) is 3. The lowest BCUT2D eigenvalue weighted by Crippen LogP contribution is -2.27. The number of nitrogens with one attached hydrogen (secondary N) is 1. The van der Waals surface area contributed by atoms with Crippen molar-refractivity contribution in [1.29, 1.82) is 0 Å². The van der Waals surface area contributed by atoms with Crippen LogP contribution in [0.4, 0.5) is 0 Å². The van der Waals surface area contributed by atoms with Crippen LogP contribution >= 0.6 is 0 Å². The number of benzene rings is 1. The molecule has 2 rings (SSSR count). The maximum atomic E-state index is 11.8. The third-order valence-electron chi connectivity index (χ3n) is 3.04. The van der Waals surface area contributed by atoms with Gasteiger partial charge in [0.1, 0.15) is 6.54 Å². The Labute approximate surface area is 121 Å². The number of rotatable bonds is 6. The van der Waals surface area contributed by atoms with Gasteiger partial charge in [0, 0.05) is 6.54 Å². The van der Waals surface area contributed by atoms with E-state index in [1.54, 1.807) is 0 Å². The minimum absolute atomic E-state index is 0.0609. The second-order valence-electron chi connectivity index (χ2n) is 4.51. The van der Waals surface area contributed by atoms with Gasteiger partial charge in [-0.05, 0) is 17.5 Å². The minimum atomic E-state index is -1.17. The zero-order valence-corrected chi connectivity index (χ0v) is 11.6. The van der Waals surface area contributed by atoms with Crippen molar-refractivity contribution < 1.29 is 14.7 Å². The molecule has 0 atom stereocenters. The number of amides is 1. The third kappa shape index (κ3) is 3.88. The summed E-state index contributed by atoms with van der Waals surface area (Å²) in [5, 5.41) is 18.6. The first-order chi connectivity index (χ1) is 10.1. The van der Waals surface area contributed by atoms with Crippen LogP contribution in [0.2, 0.25) is 0 Å². The van der Waals surface area contributed by atoms with Crippen LogP contribution in [0.5, 0.6) is 0 Å². The molecule has 0 unspecified atom stereocenters. The Kier molecular flexibility index (Phi) is 4.65. The molecular weight excluding hydrogens is 272 g/mol. The van der Waals surface area contributed by atoms with Crippen molar-refractivity contribution in [3.63, 3.8) is 0 Å². The van der Waals surface area contributed by atoms with Crippen molar-refractivity contribution >= 4 is 11.9 Å². The van der Waals surface area contributed by atoms with Gasteiger partial charge in [-0.25, -0.2) is 9.48 Å². The molecule has 1 aromatic heterocycles. The number of hydrogen-bond donors (Lipinski definition) is 2. The molecule has 7 nitrogen and oxygen atoms in total. The molecule has 0 aliphatic rings. The molecule has 1 heterocycles. The number of aromatic nitrogens is 3. The normalized spacial score (nSPS) is 10.3. The summed E-state index contributed by atoms with van der Waals surface area (Å²) in [6.45, 7) is 2.43. The van der Waals surface area contributed by atoms with Crippen LogP contribution in [0.15, 0.2) is 30.5 Å². The Bertz CT molecular complexity index is 651. The van der Waals surface area contributed by atoms with Gasteiger partial charge in [-0.1, -0.05) is 36.4 Å². The maximum Gasteiger partial charge on any atom is 0.358 e. The van der Waals surface area contributed by atoms with Crippen molar-refractivity contribution in [3.8, 4) is 0 Å². The molecule has 2 N–H and O–H groups in total. The van der Waals surface area contributed by atoms with Crippen molar-refractivity contribution in [3.05, 3.63) is 47.3 Å². The Balaban J connectivity index is 1.91. The highest BCUT2D eigenvalue weighted by Gasteiger charge is 2.10. The number of aromatic carboxylic acids is 1. The van der Waals surface area contributed by atoms with Crippen molar-refractivity contribution in [1.82, 2.24) is 20.3 Å². The van der Waals surface area contributed by atoms with E-state index in [1.165, 1.54) is 16.4 Å². The number of carbonyl (C=O) groups excluding carboxylic acids is 1. The fraction of sp³-hybridized carbons (Fsp3) is 0.286. The second-order valence-corrected chi connectivity index (χ2v) is 4.51. The molecule has 0 saturated heterocycles. The monoisotopic (exact) mass is 288 g/mol. The summed E-state index contributed by atoms with van der Waals surface area (Å²) in [5.74, 6) is -1.42. The van der Waals surface area contributed by atoms with Crippen LogP contribution in [0.25, 0.3) is 0 Å². The van der Waals surface area contributed by atoms with Gasteiger partial charge < -0.3 is 10.4 Å². The summed E-state index contributed by atoms with van der Waals surface area (Å²) >= 11 is 0. The van der Waals surface area contributed by atoms with Crippen molar-refractivity contribution in [2.24, 2.45) is 0 Å². The molecule has 0 saturated carbocycles. The van der Waals surface area contributed by atoms with Crippen LogP contribution in [0.1, 0.15) is 28.5 Å². The summed E-state index contributed by atoms with van der Waals surface area (Å²) in [4.78, 5) is 22.5. The van der Waals surface area contributed by atoms with Crippen LogP contribution in [0, 0.1) is 0 Å². The molecule has 110 valence electrons. The van der Waals surface area contributed by atoms with Crippen LogP contribution in [0.3, 0.4) is 0 Å². The first kappa shape index (κ1) is 14.7. The molecule has 0 aliphatic carbocycles. The molecule has 0 radical (unpaired) electrons. The molecule has 2 aromatic rings. The summed E-state index contributed by atoms with van der Waals surface area (Å²) in [7, 11) is 0. The van der Waals surface area contributed by atoms with E-state index in [4.69, 9.17) is 5.11 Å². The van der Waals surface area contributed by atoms with Gasteiger partial charge in [0.2, 0.25) is 5.91 Å². The fourth-order valence-corrected chi connectivity index (χ4v) is 1.95. The van der Waals surface area contributed by atoms with Gasteiger partial charge in [-0.3, -0.25) is 4.79 Å². The van der Waals surface area contributed by atoms with E-state index in [1.807, 2.05) is 24.3 Å². The molecule has 1 aromatic carbocycles. The van der Waals surface area contributed by atoms with Gasteiger partial charge >= 0.3 is 5.97 Å². The smallest absolute Gasteiger partial charge is 0.358 e. The first-order valence-electron chi connectivity index (χ1n) is 6.57. The quantitative estimate of drug-likeness (QED) is 0.821. The van der Waals surface area contributed by atoms with Gasteiger partial charge in [0.15, 0.2) is 5.69 Å². The Hall–Kier alpha value is -2.70. The van der Waals surface area contributed by atoms with Gasteiger partial charge in [-0.15, -0.1) is 5.10 Å². The van der Waals surface area contributed by atoms with E-state index < -0.39 is 5.97 Å². The van der Waals surface area contributed by atoms with Crippen LogP contribution < -0.4 is 5.32 Å². The van der Waals surface area contributed by atoms with Gasteiger partial charge in [-0.2, -0.15) is 0 Å². The van der Waals surface area contributed by atoms with Crippen molar-refractivity contribution in [2.75, 3.05) is 0 Å². The largest absolute Gasteiger partial charge is 0.476 e. The summed E-state index contributed by atoms with van der Waals surface area (Å²) in [6, 6.07) is 7.89. The lowest BCUT2D eigenvalue weighted by atomic mass is 10.1. The topological polar surface area (TPSA) is 97.1 Å². The predicted octanol–water partition coefficient (Wildman–Crippen LogP) is 0.855. The predicted molar refractivity (Wildman–Crippen MR) is 74.6 cm³/mol. The van der Waals surface area contributed by atoms with E-state index in [2.05, 4.69) is 22.6 Å². The zero-order chi connectivity index (χ0) is 15.2. The lowest BCUT2D eigenvalue weighted by molar-refractivity contribution is -0.122. The lowest BCUT2D eigenvalue weighted by Gasteiger charge is -2.09. The van der Waals surface area contributed by atoms with Gasteiger partial charge in [0.05, 0.1) is 6.20 Å². The highest BCUT2D eigenvalue weighted by molar-refractivity contribution is 5.84. The Morgan fingerprint density at radius 3 is 2.62 bits per heavy atom. The Morgan fingerprint density at radius 2 is 2.00 bits per heavy atom. The van der Waals surface area contributed by atoms with E-state index in [0.29, 0.717) is 6.54 Å². The van der Waals surface area contributed by atoms with E-state index in [-0.39, 0.29) is 18.1 Å². The Morgan fingerprint density at radius 1 is 1.29 bits per heavy atom. The fourth-order valence-electron chi connectivity index (χ4n) is 1.95. The number of hydrogen-bond acceptors (Lipinski definition) is 4. The highest BCUT2D eigenvalue weighted by Crippen LogP contribution is 2.08. The molecule has 0 aliphatic heterocycles. The van der Waals surface area contributed by atoms with E-state index >= 15 is 0 Å². The molecule has 0 fully saturated rings. The SMILES string of the molecule is CCc1ccccc1CNC(=O)Cn1cc(C(=O)O)nn1. The zero-order valence-electron chi connectivity index (χ0n) is 11.6. The van der Waals surface area contributed by atoms with Gasteiger partial charge in [0.25, 0.3) is 0 Å². The minimum Gasteiger partial charge on any atom is -0.476 e. The number of aryl methyl sites for hydroxylation is 1. The number of carboxylic acid groups (broad SMARTS) is 1. The first-order valence-corrected chi connectivity index (χ1v) is 6.57. The van der Waals surface area contributed by atoms with E-state index in [9.17, 15) is 9.59 Å². The maximum absolute atomic E-state index is 11.8. The average Bonchev–Trinajstić information content (AvgIpc) is 2.94. The highest BCUT2D eigenvalue weighted by atomic mass is 16.4. The molecular formula is C14H16N4O3. The molecule has 21 heavy (non-hydrogen) atoms. The second kappa shape index (κ2) is 6.65. The summed E-state index contributed by atoms with van der Waals surface area (Å²) in [6.07, 6.45) is 2.12. The summed E-state index contributed by atoms with van der Waals surface area (Å²) in [5.41, 5.74) is 2.07. The van der Waals surface area contributed by atoms with Crippen LogP contribution in [-0.2, 0) is 24.3 Å². The molecule has 0 spiro atoms. The molecule has 7 heteroatoms. The average molecular weight is 288 g/mol. The standard InChI is InChI=1S/C14H16N4O3/c1-2-10-5-3-4-6-11(10)7-15-13(19)9-18-8-12(14(20)21)16-17-18/h3-6,8H,2,7,9H2,1H3,(H,15,19)(H,20,21). The number of carboxylic acids is 1. The molecule has 1 amide bonds.